The van der Waals surface area contributed by atoms with E-state index in [1.54, 1.807) is 18.2 Å². The van der Waals surface area contributed by atoms with Gasteiger partial charge in [0.25, 0.3) is 0 Å². The van der Waals surface area contributed by atoms with Crippen molar-refractivity contribution in [3.8, 4) is 22.6 Å². The lowest BCUT2D eigenvalue weighted by Crippen LogP contribution is -2.03. The van der Waals surface area contributed by atoms with E-state index in [-0.39, 0.29) is 17.3 Å². The molecule has 0 spiro atoms. The van der Waals surface area contributed by atoms with E-state index >= 15 is 0 Å². The molecular weight excluding hydrogens is 500 g/mol. The highest BCUT2D eigenvalue weighted by molar-refractivity contribution is 6.00. The number of benzene rings is 4. The van der Waals surface area contributed by atoms with Gasteiger partial charge < -0.3 is 14.6 Å². The first-order valence-corrected chi connectivity index (χ1v) is 13.1. The number of hydrogen-bond donors (Lipinski definition) is 2. The number of phenols is 2. The number of fused-ring (bicyclic) bond motifs is 1. The smallest absolute Gasteiger partial charge is 0.336 e. The lowest BCUT2D eigenvalue weighted by Gasteiger charge is -2.15. The molecule has 0 aliphatic rings. The Kier molecular flexibility index (Phi) is 7.14. The lowest BCUT2D eigenvalue weighted by atomic mass is 9.90. The summed E-state index contributed by atoms with van der Waals surface area (Å²) >= 11 is 0. The molecule has 0 aliphatic heterocycles. The Morgan fingerprint density at radius 1 is 0.825 bits per heavy atom. The van der Waals surface area contributed by atoms with Crippen LogP contribution in [-0.2, 0) is 11.2 Å². The van der Waals surface area contributed by atoms with Crippen LogP contribution >= 0.6 is 0 Å². The van der Waals surface area contributed by atoms with Crippen LogP contribution in [0, 0.1) is 20.8 Å². The molecule has 5 rings (SSSR count). The predicted octanol–water partition coefficient (Wildman–Crippen LogP) is 7.41. The van der Waals surface area contributed by atoms with Crippen molar-refractivity contribution in [2.45, 2.75) is 34.1 Å². The van der Waals surface area contributed by atoms with Gasteiger partial charge in [0, 0.05) is 23.4 Å². The van der Waals surface area contributed by atoms with Crippen LogP contribution in [0.4, 0.5) is 0 Å². The first kappa shape index (κ1) is 26.7. The summed E-state index contributed by atoms with van der Waals surface area (Å²) in [4.78, 5) is 24.7. The predicted molar refractivity (Wildman–Crippen MR) is 159 cm³/mol. The number of ketones is 1. The Bertz CT molecular complexity index is 1870. The Hall–Kier alpha value is -4.90. The topological polar surface area (TPSA) is 87.7 Å². The monoisotopic (exact) mass is 530 g/mol. The van der Waals surface area contributed by atoms with Crippen molar-refractivity contribution >= 4 is 22.3 Å². The highest BCUT2D eigenvalue weighted by Gasteiger charge is 2.17. The molecule has 0 atom stereocenters. The first-order chi connectivity index (χ1) is 19.1. The largest absolute Gasteiger partial charge is 0.508 e. The molecule has 40 heavy (non-hydrogen) atoms. The Morgan fingerprint density at radius 2 is 1.57 bits per heavy atom. The molecule has 2 N–H and O–H groups in total. The molecule has 0 saturated carbocycles. The van der Waals surface area contributed by atoms with Crippen LogP contribution in [0.5, 0.6) is 11.5 Å². The second-order valence-corrected chi connectivity index (χ2v) is 10.2. The van der Waals surface area contributed by atoms with E-state index < -0.39 is 5.63 Å². The molecule has 4 aromatic carbocycles. The standard InChI is InChI=1S/C35H30O5/c1-20-7-5-6-8-27(20)30(15-23(4)36)25-12-13-26(33(38)18-25)16-29-21(2)10-14-28-31(19-34(39)40-35(28)29)24-11-9-22(3)32(37)17-24/h5-15,17-19,37-38H,16H2,1-4H3. The number of aryl methyl sites for hydroxylation is 3. The first-order valence-electron chi connectivity index (χ1n) is 13.1. The molecule has 1 aromatic heterocycles. The van der Waals surface area contributed by atoms with Crippen molar-refractivity contribution < 1.29 is 19.4 Å². The Balaban J connectivity index is 1.60. The van der Waals surface area contributed by atoms with Crippen LogP contribution in [-0.4, -0.2) is 16.0 Å². The quantitative estimate of drug-likeness (QED) is 0.176. The zero-order valence-electron chi connectivity index (χ0n) is 22.9. The van der Waals surface area contributed by atoms with Crippen LogP contribution in [0.25, 0.3) is 27.7 Å². The molecule has 5 nitrogen and oxygen atoms in total. The minimum atomic E-state index is -0.494. The average molecular weight is 531 g/mol. The summed E-state index contributed by atoms with van der Waals surface area (Å²) in [5, 5.41) is 22.1. The van der Waals surface area contributed by atoms with E-state index in [9.17, 15) is 19.8 Å². The van der Waals surface area contributed by atoms with Gasteiger partial charge in [-0.2, -0.15) is 0 Å². The maximum atomic E-state index is 12.7. The average Bonchev–Trinajstić information content (AvgIpc) is 2.91. The molecule has 0 fully saturated rings. The van der Waals surface area contributed by atoms with Crippen molar-refractivity contribution in [1.29, 1.82) is 0 Å². The SMILES string of the molecule is CC(=O)C=C(c1ccc(Cc2c(C)ccc3c(-c4ccc(C)c(O)c4)cc(=O)oc23)c(O)c1)c1ccccc1C. The van der Waals surface area contributed by atoms with E-state index in [0.29, 0.717) is 28.7 Å². The zero-order chi connectivity index (χ0) is 28.6. The fourth-order valence-electron chi connectivity index (χ4n) is 5.08. The van der Waals surface area contributed by atoms with Crippen molar-refractivity contribution in [1.82, 2.24) is 0 Å². The van der Waals surface area contributed by atoms with E-state index in [0.717, 1.165) is 44.3 Å². The summed E-state index contributed by atoms with van der Waals surface area (Å²) in [5.41, 5.74) is 7.86. The van der Waals surface area contributed by atoms with Crippen molar-refractivity contribution in [3.63, 3.8) is 0 Å². The van der Waals surface area contributed by atoms with Crippen LogP contribution in [0.3, 0.4) is 0 Å². The van der Waals surface area contributed by atoms with Crippen molar-refractivity contribution in [3.05, 3.63) is 134 Å². The maximum absolute atomic E-state index is 12.7. The summed E-state index contributed by atoms with van der Waals surface area (Å²) in [6.45, 7) is 7.25. The van der Waals surface area contributed by atoms with Crippen molar-refractivity contribution in [2.75, 3.05) is 0 Å². The zero-order valence-corrected chi connectivity index (χ0v) is 22.9. The number of phenolic OH excluding ortho intramolecular Hbond substituents is 2. The molecule has 1 heterocycles. The van der Waals surface area contributed by atoms with Gasteiger partial charge in [0.05, 0.1) is 0 Å². The van der Waals surface area contributed by atoms with Crippen LogP contribution in [0.1, 0.15) is 45.9 Å². The summed E-state index contributed by atoms with van der Waals surface area (Å²) in [5.74, 6) is 0.153. The highest BCUT2D eigenvalue weighted by atomic mass is 16.4. The van der Waals surface area contributed by atoms with Gasteiger partial charge in [0.1, 0.15) is 17.1 Å². The van der Waals surface area contributed by atoms with E-state index in [4.69, 9.17) is 4.42 Å². The fourth-order valence-corrected chi connectivity index (χ4v) is 5.08. The number of hydrogen-bond acceptors (Lipinski definition) is 5. The maximum Gasteiger partial charge on any atom is 0.336 e. The van der Waals surface area contributed by atoms with Crippen LogP contribution in [0.2, 0.25) is 0 Å². The number of allylic oxidation sites excluding steroid dienone is 1. The van der Waals surface area contributed by atoms with Gasteiger partial charge in [-0.1, -0.05) is 60.7 Å². The third-order valence-electron chi connectivity index (χ3n) is 7.32. The molecule has 5 aromatic rings. The highest BCUT2D eigenvalue weighted by Crippen LogP contribution is 2.36. The minimum absolute atomic E-state index is 0.0823. The Labute approximate surface area is 232 Å². The third kappa shape index (κ3) is 5.19. The number of aromatic hydroxyl groups is 2. The van der Waals surface area contributed by atoms with Gasteiger partial charge in [0.15, 0.2) is 5.78 Å². The van der Waals surface area contributed by atoms with Crippen LogP contribution < -0.4 is 5.63 Å². The molecule has 0 unspecified atom stereocenters. The molecule has 0 radical (unpaired) electrons. The molecule has 0 amide bonds. The second kappa shape index (κ2) is 10.7. The summed E-state index contributed by atoms with van der Waals surface area (Å²) in [7, 11) is 0. The van der Waals surface area contributed by atoms with Gasteiger partial charge in [-0.15, -0.1) is 0 Å². The van der Waals surface area contributed by atoms with Crippen LogP contribution in [0.15, 0.2) is 94.2 Å². The van der Waals surface area contributed by atoms with Gasteiger partial charge in [0.2, 0.25) is 0 Å². The molecule has 0 aliphatic carbocycles. The second-order valence-electron chi connectivity index (χ2n) is 10.2. The molecular formula is C35H30O5. The van der Waals surface area contributed by atoms with E-state index in [2.05, 4.69) is 0 Å². The Morgan fingerprint density at radius 3 is 2.27 bits per heavy atom. The van der Waals surface area contributed by atoms with Gasteiger partial charge in [-0.3, -0.25) is 4.79 Å². The third-order valence-corrected chi connectivity index (χ3v) is 7.32. The summed E-state index contributed by atoms with van der Waals surface area (Å²) in [6, 6.07) is 23.9. The number of rotatable bonds is 6. The molecule has 200 valence electrons. The number of carbonyl (C=O) groups excluding carboxylic acids is 1. The molecule has 0 bridgehead atoms. The molecule has 0 saturated heterocycles. The fraction of sp³-hybridized carbons (Fsp3) is 0.143. The van der Waals surface area contributed by atoms with Gasteiger partial charge in [-0.25, -0.2) is 4.79 Å². The van der Waals surface area contributed by atoms with Crippen molar-refractivity contribution in [2.24, 2.45) is 0 Å². The molecule has 5 heteroatoms. The summed E-state index contributed by atoms with van der Waals surface area (Å²) < 4.78 is 5.73. The van der Waals surface area contributed by atoms with Gasteiger partial charge in [-0.05, 0) is 96.0 Å². The van der Waals surface area contributed by atoms with Gasteiger partial charge >= 0.3 is 5.63 Å². The lowest BCUT2D eigenvalue weighted by molar-refractivity contribution is -0.112. The van der Waals surface area contributed by atoms with E-state index in [1.807, 2.05) is 81.4 Å². The normalized spacial score (nSPS) is 11.7. The number of carbonyl (C=O) groups is 1. The van der Waals surface area contributed by atoms with E-state index in [1.165, 1.54) is 13.0 Å². The summed E-state index contributed by atoms with van der Waals surface area (Å²) in [6.07, 6.45) is 1.92. The minimum Gasteiger partial charge on any atom is -0.508 e.